The minimum Gasteiger partial charge on any atom is -0.462 e. The number of carbonyl (C=O) groups is 2. The van der Waals surface area contributed by atoms with Gasteiger partial charge >= 0.3 is 27.6 Å². The van der Waals surface area contributed by atoms with E-state index in [-0.39, 0.29) is 25.7 Å². The number of unbranched alkanes of at least 4 members (excludes halogenated alkanes) is 15. The molecule has 10 atom stereocenters. The maximum absolute atomic E-state index is 13.0. The lowest BCUT2D eigenvalue weighted by atomic mass is 9.85. The third-order valence-corrected chi connectivity index (χ3v) is 12.8. The quantitative estimate of drug-likeness (QED) is 0.00928. The second-order valence-corrected chi connectivity index (χ2v) is 20.2. The molecule has 1 aliphatic carbocycles. The van der Waals surface area contributed by atoms with Crippen molar-refractivity contribution in [2.75, 3.05) is 13.2 Å². The van der Waals surface area contributed by atoms with Crippen molar-refractivity contribution in [1.29, 1.82) is 0 Å². The highest BCUT2D eigenvalue weighted by atomic mass is 31.2. The number of ether oxygens (including phenoxy) is 2. The highest BCUT2D eigenvalue weighted by Crippen LogP contribution is 2.49. The predicted molar refractivity (Wildman–Crippen MR) is 262 cm³/mol. The van der Waals surface area contributed by atoms with E-state index in [0.717, 1.165) is 77.0 Å². The molecule has 1 saturated carbocycles. The fraction of sp³-hybridized carbons (Fsp3) is 0.755. The van der Waals surface area contributed by atoms with Crippen molar-refractivity contribution in [1.82, 2.24) is 0 Å². The summed E-state index contributed by atoms with van der Waals surface area (Å²) in [6.07, 6.45) is 23.7. The number of hydrogen-bond donors (Lipinski definition) is 9. The SMILES string of the molecule is CCCCCCCC/C=C\CCCCCCCCCC(=O)OC[C@H](COP(=O)(O)O[C@H]1C(O)C(O)C(O)[C@@H](OP(=O)(O)O)C1O)OC(=O)CCC[C@H](O)/C=C/C=C\C/C=C\C=C\[C@H](O)CCCCC. The van der Waals surface area contributed by atoms with Crippen LogP contribution in [0.1, 0.15) is 168 Å². The minimum atomic E-state index is -5.40. The molecule has 0 aliphatic heterocycles. The van der Waals surface area contributed by atoms with Crippen LogP contribution >= 0.6 is 15.6 Å². The van der Waals surface area contributed by atoms with Gasteiger partial charge < -0.3 is 54.8 Å². The van der Waals surface area contributed by atoms with Crippen molar-refractivity contribution < 1.29 is 87.1 Å². The van der Waals surface area contributed by atoms with Crippen molar-refractivity contribution in [3.63, 3.8) is 0 Å². The summed E-state index contributed by atoms with van der Waals surface area (Å²) in [5, 5.41) is 61.6. The number of rotatable bonds is 41. The standard InChI is InChI=1S/C49H86O18P2/c1-3-5-7-8-9-10-11-12-13-14-15-16-17-18-22-25-29-35-42(52)63-37-41(38-64-69(61,62)67-49-46(56)44(54)45(55)48(47(49)57)66-68(58,59)60)65-43(53)36-30-34-40(51)33-28-24-21-19-20-23-27-32-39(50)31-26-6-4-2/h12-13,20-21,23-24,27-28,32-33,39-41,44-51,54-57H,3-11,14-19,22,25-26,29-31,34-38H2,1-2H3,(H,61,62)(H2,58,59,60)/b13-12-,23-20-,24-21-,32-27+,33-28+/t39-,40-,41-,44?,45?,46?,47?,48-,49+/m1/s1. The Morgan fingerprint density at radius 3 is 1.57 bits per heavy atom. The first-order chi connectivity index (χ1) is 32.9. The molecule has 1 aliphatic rings. The van der Waals surface area contributed by atoms with E-state index in [9.17, 15) is 64.0 Å². The first-order valence-corrected chi connectivity index (χ1v) is 28.1. The molecular weight excluding hydrogens is 938 g/mol. The first-order valence-electron chi connectivity index (χ1n) is 25.1. The van der Waals surface area contributed by atoms with E-state index in [0.29, 0.717) is 12.8 Å². The van der Waals surface area contributed by atoms with Crippen molar-refractivity contribution >= 4 is 27.6 Å². The van der Waals surface area contributed by atoms with Crippen molar-refractivity contribution in [3.8, 4) is 0 Å². The molecule has 400 valence electrons. The molecule has 0 radical (unpaired) electrons. The Balaban J connectivity index is 2.67. The summed E-state index contributed by atoms with van der Waals surface area (Å²) < 4.78 is 49.2. The average Bonchev–Trinajstić information content (AvgIpc) is 3.29. The van der Waals surface area contributed by atoms with Crippen LogP contribution in [0.2, 0.25) is 0 Å². The number of carbonyl (C=O) groups excluding carboxylic acids is 2. The molecular formula is C49H86O18P2. The Bertz CT molecular complexity index is 1600. The fourth-order valence-electron chi connectivity index (χ4n) is 7.29. The molecule has 5 unspecified atom stereocenters. The molecule has 0 aromatic heterocycles. The molecule has 18 nitrogen and oxygen atoms in total. The molecule has 0 aromatic carbocycles. The normalized spacial score (nSPS) is 22.5. The summed E-state index contributed by atoms with van der Waals surface area (Å²) in [6, 6.07) is 0. The van der Waals surface area contributed by atoms with E-state index in [4.69, 9.17) is 18.5 Å². The van der Waals surface area contributed by atoms with Crippen LogP contribution < -0.4 is 0 Å². The van der Waals surface area contributed by atoms with Gasteiger partial charge in [0.2, 0.25) is 0 Å². The van der Waals surface area contributed by atoms with Crippen LogP contribution in [0.25, 0.3) is 0 Å². The zero-order chi connectivity index (χ0) is 51.3. The lowest BCUT2D eigenvalue weighted by Crippen LogP contribution is -2.64. The summed E-state index contributed by atoms with van der Waals surface area (Å²) in [6.45, 7) is 2.82. The summed E-state index contributed by atoms with van der Waals surface area (Å²) in [5.41, 5.74) is 0. The van der Waals surface area contributed by atoms with Crippen molar-refractivity contribution in [2.45, 2.75) is 223 Å². The zero-order valence-electron chi connectivity index (χ0n) is 40.9. The molecule has 20 heteroatoms. The fourth-order valence-corrected chi connectivity index (χ4v) is 8.83. The molecule has 0 heterocycles. The summed E-state index contributed by atoms with van der Waals surface area (Å²) >= 11 is 0. The molecule has 0 spiro atoms. The Hall–Kier alpha value is -2.38. The smallest absolute Gasteiger partial charge is 0.462 e. The monoisotopic (exact) mass is 1020 g/mol. The first kappa shape index (κ1) is 64.6. The van der Waals surface area contributed by atoms with E-state index in [1.807, 2.05) is 18.2 Å². The van der Waals surface area contributed by atoms with Crippen LogP contribution in [0, 0.1) is 0 Å². The van der Waals surface area contributed by atoms with Gasteiger partial charge in [0.1, 0.15) is 43.2 Å². The maximum atomic E-state index is 13.0. The number of aliphatic hydroxyl groups excluding tert-OH is 6. The number of esters is 2. The Labute approximate surface area is 410 Å². The number of hydrogen-bond acceptors (Lipinski definition) is 15. The minimum absolute atomic E-state index is 0.0644. The van der Waals surface area contributed by atoms with E-state index < -0.39 is 95.7 Å². The lowest BCUT2D eigenvalue weighted by molar-refractivity contribution is -0.216. The topological polar surface area (TPSA) is 296 Å². The van der Waals surface area contributed by atoms with Gasteiger partial charge in [0.25, 0.3) is 0 Å². The van der Waals surface area contributed by atoms with Gasteiger partial charge in [-0.15, -0.1) is 0 Å². The van der Waals surface area contributed by atoms with Crippen LogP contribution in [0.4, 0.5) is 0 Å². The van der Waals surface area contributed by atoms with E-state index in [1.165, 1.54) is 38.5 Å². The number of allylic oxidation sites excluding steroid dienone is 8. The van der Waals surface area contributed by atoms with Crippen LogP contribution in [0.5, 0.6) is 0 Å². The van der Waals surface area contributed by atoms with Crippen molar-refractivity contribution in [2.24, 2.45) is 0 Å². The lowest BCUT2D eigenvalue weighted by Gasteiger charge is -2.43. The van der Waals surface area contributed by atoms with Gasteiger partial charge in [0.15, 0.2) is 6.10 Å². The third-order valence-electron chi connectivity index (χ3n) is 11.3. The van der Waals surface area contributed by atoms with Gasteiger partial charge in [-0.05, 0) is 57.8 Å². The molecule has 1 fully saturated rings. The van der Waals surface area contributed by atoms with Gasteiger partial charge in [-0.2, -0.15) is 0 Å². The molecule has 69 heavy (non-hydrogen) atoms. The predicted octanol–water partition coefficient (Wildman–Crippen LogP) is 7.78. The molecule has 0 bridgehead atoms. The maximum Gasteiger partial charge on any atom is 0.472 e. The van der Waals surface area contributed by atoms with Crippen LogP contribution in [-0.2, 0) is 41.8 Å². The third kappa shape index (κ3) is 33.8. The summed E-state index contributed by atoms with van der Waals surface area (Å²) in [7, 11) is -10.8. The molecule has 0 aromatic rings. The summed E-state index contributed by atoms with van der Waals surface area (Å²) in [4.78, 5) is 54.4. The number of phosphoric acid groups is 2. The molecule has 0 amide bonds. The van der Waals surface area contributed by atoms with E-state index in [2.05, 4.69) is 30.5 Å². The highest BCUT2D eigenvalue weighted by Gasteiger charge is 2.54. The molecule has 9 N–H and O–H groups in total. The Morgan fingerprint density at radius 1 is 0.536 bits per heavy atom. The largest absolute Gasteiger partial charge is 0.472 e. The van der Waals surface area contributed by atoms with Crippen LogP contribution in [0.3, 0.4) is 0 Å². The van der Waals surface area contributed by atoms with E-state index in [1.54, 1.807) is 30.4 Å². The Morgan fingerprint density at radius 2 is 1.01 bits per heavy atom. The van der Waals surface area contributed by atoms with Gasteiger partial charge in [0, 0.05) is 12.8 Å². The van der Waals surface area contributed by atoms with Crippen LogP contribution in [0.15, 0.2) is 60.8 Å². The second-order valence-electron chi connectivity index (χ2n) is 17.6. The van der Waals surface area contributed by atoms with Gasteiger partial charge in [-0.25, -0.2) is 9.13 Å². The second kappa shape index (κ2) is 39.2. The van der Waals surface area contributed by atoms with E-state index >= 15 is 0 Å². The number of phosphoric ester groups is 2. The Kier molecular flexibility index (Phi) is 36.7. The zero-order valence-corrected chi connectivity index (χ0v) is 42.7. The van der Waals surface area contributed by atoms with Crippen molar-refractivity contribution in [3.05, 3.63) is 60.8 Å². The molecule has 0 saturated heterocycles. The van der Waals surface area contributed by atoms with Gasteiger partial charge in [0.05, 0.1) is 18.8 Å². The van der Waals surface area contributed by atoms with Gasteiger partial charge in [-0.1, -0.05) is 158 Å². The number of aliphatic hydroxyl groups is 6. The summed E-state index contributed by atoms with van der Waals surface area (Å²) in [5.74, 6) is -1.44. The van der Waals surface area contributed by atoms with Gasteiger partial charge in [-0.3, -0.25) is 23.2 Å². The average molecular weight is 1030 g/mol. The van der Waals surface area contributed by atoms with Crippen LogP contribution in [-0.4, -0.2) is 125 Å². The molecule has 1 rings (SSSR count). The highest BCUT2D eigenvalue weighted by molar-refractivity contribution is 7.47.